The van der Waals surface area contributed by atoms with E-state index in [1.807, 2.05) is 13.8 Å². The zero-order chi connectivity index (χ0) is 20.0. The lowest BCUT2D eigenvalue weighted by Gasteiger charge is -2.38. The van der Waals surface area contributed by atoms with Gasteiger partial charge >= 0.3 is 12.2 Å². The third-order valence-electron chi connectivity index (χ3n) is 5.52. The highest BCUT2D eigenvalue weighted by Gasteiger charge is 2.70. The van der Waals surface area contributed by atoms with E-state index in [-0.39, 0.29) is 11.8 Å². The van der Waals surface area contributed by atoms with E-state index in [1.54, 1.807) is 10.6 Å². The Balaban J connectivity index is 1.94. The van der Waals surface area contributed by atoms with Crippen LogP contribution in [0, 0.1) is 11.8 Å². The highest BCUT2D eigenvalue weighted by Crippen LogP contribution is 2.39. The smallest absolute Gasteiger partial charge is 0.440 e. The number of halogens is 3. The zero-order valence-corrected chi connectivity index (χ0v) is 14.8. The highest BCUT2D eigenvalue weighted by atomic mass is 19.4. The summed E-state index contributed by atoms with van der Waals surface area (Å²) in [5.74, 6) is -3.18. The van der Waals surface area contributed by atoms with Crippen LogP contribution in [0.1, 0.15) is 43.7 Å². The summed E-state index contributed by atoms with van der Waals surface area (Å²) in [4.78, 5) is 38.0. The van der Waals surface area contributed by atoms with Gasteiger partial charge in [0.05, 0.1) is 6.26 Å². The van der Waals surface area contributed by atoms with Crippen LogP contribution < -0.4 is 10.6 Å². The predicted molar refractivity (Wildman–Crippen MR) is 86.3 cm³/mol. The second-order valence-corrected chi connectivity index (χ2v) is 7.12. The molecule has 2 N–H and O–H groups in total. The number of amides is 4. The van der Waals surface area contributed by atoms with E-state index in [0.29, 0.717) is 17.7 Å². The molecule has 0 aromatic carbocycles. The van der Waals surface area contributed by atoms with Crippen molar-refractivity contribution in [2.45, 2.75) is 51.0 Å². The summed E-state index contributed by atoms with van der Waals surface area (Å²) in [6.45, 7) is 3.75. The first kappa shape index (κ1) is 19.2. The SMILES string of the molecule is C[C@@H]1[C@H](C)CCC[C@@H]1N1C(=O)N[C@@](NC(=O)c2ccco2)(C(F)(F)F)C1=O. The van der Waals surface area contributed by atoms with E-state index in [2.05, 4.69) is 0 Å². The molecule has 2 aliphatic rings. The molecule has 3 rings (SSSR count). The number of hydrogen-bond donors (Lipinski definition) is 2. The number of nitrogens with one attached hydrogen (secondary N) is 2. The highest BCUT2D eigenvalue weighted by molar-refractivity contribution is 6.10. The van der Waals surface area contributed by atoms with E-state index < -0.39 is 41.5 Å². The molecule has 10 heteroatoms. The average molecular weight is 387 g/mol. The summed E-state index contributed by atoms with van der Waals surface area (Å²) in [5.41, 5.74) is -3.52. The molecule has 1 aromatic rings. The largest absolute Gasteiger partial charge is 0.459 e. The van der Waals surface area contributed by atoms with Crippen molar-refractivity contribution in [1.29, 1.82) is 0 Å². The van der Waals surface area contributed by atoms with Crippen molar-refractivity contribution < 1.29 is 32.0 Å². The first-order chi connectivity index (χ1) is 12.6. The van der Waals surface area contributed by atoms with Gasteiger partial charge in [0.1, 0.15) is 0 Å². The predicted octanol–water partition coefficient (Wildman–Crippen LogP) is 2.64. The van der Waals surface area contributed by atoms with Crippen LogP contribution in [-0.4, -0.2) is 40.6 Å². The van der Waals surface area contributed by atoms with E-state index in [4.69, 9.17) is 4.42 Å². The standard InChI is InChI=1S/C17H20F3N3O4/c1-9-5-3-6-11(10(9)2)23-14(25)16(17(18,19)20,22-15(23)26)21-13(24)12-7-4-8-27-12/h4,7-11H,3,5-6H2,1-2H3,(H,21,24)(H,22,26)/t9-,10-,11+,16-/m1/s1. The van der Waals surface area contributed by atoms with E-state index in [0.717, 1.165) is 18.8 Å². The number of nitrogens with zero attached hydrogens (tertiary/aromatic N) is 1. The van der Waals surface area contributed by atoms with Crippen molar-refractivity contribution in [3.05, 3.63) is 24.2 Å². The van der Waals surface area contributed by atoms with Gasteiger partial charge in [-0.15, -0.1) is 0 Å². The molecule has 1 saturated carbocycles. The first-order valence-corrected chi connectivity index (χ1v) is 8.67. The summed E-state index contributed by atoms with van der Waals surface area (Å²) in [6.07, 6.45) is -2.13. The van der Waals surface area contributed by atoms with Gasteiger partial charge in [-0.3, -0.25) is 19.8 Å². The second-order valence-electron chi connectivity index (χ2n) is 7.12. The van der Waals surface area contributed by atoms with Gasteiger partial charge in [0, 0.05) is 6.04 Å². The molecular weight excluding hydrogens is 367 g/mol. The van der Waals surface area contributed by atoms with Crippen molar-refractivity contribution >= 4 is 17.8 Å². The summed E-state index contributed by atoms with van der Waals surface area (Å²) < 4.78 is 46.3. The number of carbonyl (C=O) groups is 3. The fourth-order valence-electron chi connectivity index (χ4n) is 3.75. The number of imide groups is 1. The maximum atomic E-state index is 13.8. The summed E-state index contributed by atoms with van der Waals surface area (Å²) >= 11 is 0. The van der Waals surface area contributed by atoms with Crippen LogP contribution in [0.3, 0.4) is 0 Å². The maximum absolute atomic E-state index is 13.8. The minimum Gasteiger partial charge on any atom is -0.459 e. The molecular formula is C17H20F3N3O4. The van der Waals surface area contributed by atoms with Crippen molar-refractivity contribution in [3.8, 4) is 0 Å². The normalized spacial score (nSPS) is 31.7. The topological polar surface area (TPSA) is 91.7 Å². The van der Waals surface area contributed by atoms with Crippen LogP contribution >= 0.6 is 0 Å². The van der Waals surface area contributed by atoms with Gasteiger partial charge < -0.3 is 9.73 Å². The Hall–Kier alpha value is -2.52. The molecule has 7 nitrogen and oxygen atoms in total. The lowest BCUT2D eigenvalue weighted by molar-refractivity contribution is -0.201. The number of urea groups is 1. The lowest BCUT2D eigenvalue weighted by atomic mass is 9.77. The van der Waals surface area contributed by atoms with Crippen molar-refractivity contribution in [2.75, 3.05) is 0 Å². The lowest BCUT2D eigenvalue weighted by Crippen LogP contribution is -2.69. The number of alkyl halides is 3. The summed E-state index contributed by atoms with van der Waals surface area (Å²) in [7, 11) is 0. The van der Waals surface area contributed by atoms with Crippen LogP contribution in [0.15, 0.2) is 22.8 Å². The third-order valence-corrected chi connectivity index (χ3v) is 5.52. The Kier molecular flexibility index (Phi) is 4.69. The van der Waals surface area contributed by atoms with Gasteiger partial charge in [0.15, 0.2) is 5.76 Å². The van der Waals surface area contributed by atoms with Gasteiger partial charge in [-0.2, -0.15) is 13.2 Å². The minimum absolute atomic E-state index is 0.154. The van der Waals surface area contributed by atoms with E-state index in [9.17, 15) is 27.6 Å². The summed E-state index contributed by atoms with van der Waals surface area (Å²) in [5, 5.41) is 3.30. The zero-order valence-electron chi connectivity index (χ0n) is 14.8. The number of furan rings is 1. The van der Waals surface area contributed by atoms with Crippen LogP contribution in [0.2, 0.25) is 0 Å². The van der Waals surface area contributed by atoms with Crippen LogP contribution in [0.25, 0.3) is 0 Å². The molecule has 2 fully saturated rings. The van der Waals surface area contributed by atoms with Crippen LogP contribution in [0.5, 0.6) is 0 Å². The number of carbonyl (C=O) groups excluding carboxylic acids is 3. The minimum atomic E-state index is -5.24. The van der Waals surface area contributed by atoms with Crippen molar-refractivity contribution in [2.24, 2.45) is 11.8 Å². The Bertz CT molecular complexity index is 749. The van der Waals surface area contributed by atoms with Gasteiger partial charge in [-0.25, -0.2) is 4.79 Å². The molecule has 0 unspecified atom stereocenters. The van der Waals surface area contributed by atoms with E-state index in [1.165, 1.54) is 6.07 Å². The van der Waals surface area contributed by atoms with Crippen molar-refractivity contribution in [3.63, 3.8) is 0 Å². The molecule has 1 saturated heterocycles. The van der Waals surface area contributed by atoms with Crippen molar-refractivity contribution in [1.82, 2.24) is 15.5 Å². The first-order valence-electron chi connectivity index (χ1n) is 8.67. The molecule has 27 heavy (non-hydrogen) atoms. The number of hydrogen-bond acceptors (Lipinski definition) is 4. The van der Waals surface area contributed by atoms with Gasteiger partial charge in [-0.1, -0.05) is 26.7 Å². The molecule has 4 amide bonds. The summed E-state index contributed by atoms with van der Waals surface area (Å²) in [6, 6.07) is 0.652. The maximum Gasteiger partial charge on any atom is 0.440 e. The third kappa shape index (κ3) is 3.06. The fourth-order valence-corrected chi connectivity index (χ4v) is 3.75. The average Bonchev–Trinajstić information content (AvgIpc) is 3.18. The van der Waals surface area contributed by atoms with Gasteiger partial charge in [0.2, 0.25) is 0 Å². The van der Waals surface area contributed by atoms with Crippen LogP contribution in [0.4, 0.5) is 18.0 Å². The Labute approximate surface area is 153 Å². The second kappa shape index (κ2) is 6.58. The fraction of sp³-hybridized carbons (Fsp3) is 0.588. The molecule has 0 bridgehead atoms. The molecule has 2 heterocycles. The Morgan fingerprint density at radius 3 is 2.63 bits per heavy atom. The Morgan fingerprint density at radius 2 is 2.04 bits per heavy atom. The molecule has 148 valence electrons. The Morgan fingerprint density at radius 1 is 1.33 bits per heavy atom. The van der Waals surface area contributed by atoms with Gasteiger partial charge in [-0.05, 0) is 30.4 Å². The van der Waals surface area contributed by atoms with Crippen LogP contribution in [-0.2, 0) is 4.79 Å². The number of rotatable bonds is 3. The quantitative estimate of drug-likeness (QED) is 0.780. The van der Waals surface area contributed by atoms with Gasteiger partial charge in [0.25, 0.3) is 17.5 Å². The van der Waals surface area contributed by atoms with E-state index >= 15 is 0 Å². The monoisotopic (exact) mass is 387 g/mol. The molecule has 1 aliphatic carbocycles. The molecule has 1 aromatic heterocycles. The molecule has 1 aliphatic heterocycles. The molecule has 0 spiro atoms. The molecule has 0 radical (unpaired) electrons. The molecule has 4 atom stereocenters.